The largest absolute Gasteiger partial charge is 0.457 e. The molecule has 5 rings (SSSR count). The second-order valence-electron chi connectivity index (χ2n) is 7.87. The molecular formula is C28H17Cl3N2O3S. The molecule has 0 fully saturated rings. The van der Waals surface area contributed by atoms with Crippen LogP contribution in [-0.4, -0.2) is 11.8 Å². The van der Waals surface area contributed by atoms with Gasteiger partial charge in [0.1, 0.15) is 22.1 Å². The molecule has 4 aromatic rings. The van der Waals surface area contributed by atoms with Crippen molar-refractivity contribution in [2.75, 3.05) is 10.2 Å². The lowest BCUT2D eigenvalue weighted by Gasteiger charge is -2.16. The Morgan fingerprint density at radius 1 is 0.703 bits per heavy atom. The Balaban J connectivity index is 1.45. The van der Waals surface area contributed by atoms with Crippen LogP contribution in [0.3, 0.4) is 0 Å². The topological polar surface area (TPSA) is 58.6 Å². The Morgan fingerprint density at radius 3 is 2.05 bits per heavy atom. The molecule has 37 heavy (non-hydrogen) atoms. The highest BCUT2D eigenvalue weighted by Gasteiger charge is 2.40. The van der Waals surface area contributed by atoms with Crippen molar-refractivity contribution >= 4 is 69.8 Å². The Labute approximate surface area is 232 Å². The first-order valence-electron chi connectivity index (χ1n) is 11.0. The predicted octanol–water partition coefficient (Wildman–Crippen LogP) is 8.43. The summed E-state index contributed by atoms with van der Waals surface area (Å²) in [5, 5.41) is 4.34. The number of imide groups is 1. The maximum Gasteiger partial charge on any atom is 0.283 e. The summed E-state index contributed by atoms with van der Waals surface area (Å²) in [7, 11) is 0. The van der Waals surface area contributed by atoms with Crippen LogP contribution in [0.2, 0.25) is 15.1 Å². The van der Waals surface area contributed by atoms with Crippen LogP contribution in [0.15, 0.2) is 113 Å². The number of ether oxygens (including phenoxy) is 1. The molecule has 0 bridgehead atoms. The molecule has 0 aliphatic carbocycles. The zero-order valence-corrected chi connectivity index (χ0v) is 22.0. The Kier molecular flexibility index (Phi) is 7.44. The second kappa shape index (κ2) is 10.9. The first-order chi connectivity index (χ1) is 17.9. The molecule has 0 atom stereocenters. The Bertz CT molecular complexity index is 1510. The van der Waals surface area contributed by atoms with Crippen LogP contribution in [0.4, 0.5) is 11.4 Å². The van der Waals surface area contributed by atoms with Crippen molar-refractivity contribution in [2.45, 2.75) is 4.90 Å². The second-order valence-corrected chi connectivity index (χ2v) is 10.2. The van der Waals surface area contributed by atoms with Gasteiger partial charge < -0.3 is 10.1 Å². The molecule has 0 unspecified atom stereocenters. The highest BCUT2D eigenvalue weighted by atomic mass is 35.5. The number of halogens is 3. The van der Waals surface area contributed by atoms with Crippen molar-refractivity contribution < 1.29 is 14.3 Å². The first kappa shape index (κ1) is 25.2. The minimum atomic E-state index is -0.496. The summed E-state index contributed by atoms with van der Waals surface area (Å²) in [5.41, 5.74) is 1.07. The maximum absolute atomic E-state index is 13.6. The van der Waals surface area contributed by atoms with Gasteiger partial charge in [0, 0.05) is 15.6 Å². The van der Waals surface area contributed by atoms with Gasteiger partial charge in [0.2, 0.25) is 0 Å². The van der Waals surface area contributed by atoms with Gasteiger partial charge in [-0.1, -0.05) is 64.8 Å². The number of carbonyl (C=O) groups excluding carboxylic acids is 2. The van der Waals surface area contributed by atoms with E-state index in [4.69, 9.17) is 39.5 Å². The van der Waals surface area contributed by atoms with E-state index in [1.54, 1.807) is 66.7 Å². The number of nitrogens with one attached hydrogen (secondary N) is 1. The normalized spacial score (nSPS) is 13.3. The van der Waals surface area contributed by atoms with Gasteiger partial charge in [-0.05, 0) is 78.9 Å². The zero-order chi connectivity index (χ0) is 25.9. The minimum Gasteiger partial charge on any atom is -0.457 e. The third-order valence-electron chi connectivity index (χ3n) is 5.34. The van der Waals surface area contributed by atoms with Gasteiger partial charge in [-0.25, -0.2) is 4.90 Å². The average Bonchev–Trinajstić information content (AvgIpc) is 3.12. The fraction of sp³-hybridized carbons (Fsp3) is 0. The van der Waals surface area contributed by atoms with Gasteiger partial charge in [0.25, 0.3) is 11.8 Å². The first-order valence-corrected chi connectivity index (χ1v) is 13.0. The average molecular weight is 568 g/mol. The molecule has 1 aliphatic heterocycles. The zero-order valence-electron chi connectivity index (χ0n) is 19.0. The molecule has 0 radical (unpaired) electrons. The molecule has 2 amide bonds. The number of thioether (sulfide) groups is 1. The summed E-state index contributed by atoms with van der Waals surface area (Å²) in [5.74, 6) is 0.306. The number of anilines is 2. The fourth-order valence-electron chi connectivity index (χ4n) is 3.58. The van der Waals surface area contributed by atoms with E-state index in [9.17, 15) is 9.59 Å². The van der Waals surface area contributed by atoms with Gasteiger partial charge >= 0.3 is 0 Å². The van der Waals surface area contributed by atoms with Crippen LogP contribution in [-0.2, 0) is 9.59 Å². The van der Waals surface area contributed by atoms with Crippen molar-refractivity contribution in [2.24, 2.45) is 0 Å². The lowest BCUT2D eigenvalue weighted by Crippen LogP contribution is -2.32. The van der Waals surface area contributed by atoms with Crippen LogP contribution >= 0.6 is 46.6 Å². The van der Waals surface area contributed by atoms with Crippen molar-refractivity contribution in [3.05, 3.63) is 123 Å². The van der Waals surface area contributed by atoms with Crippen molar-refractivity contribution in [1.29, 1.82) is 0 Å². The van der Waals surface area contributed by atoms with Crippen LogP contribution in [0.5, 0.6) is 11.5 Å². The van der Waals surface area contributed by atoms with Crippen LogP contribution in [0, 0.1) is 0 Å². The van der Waals surface area contributed by atoms with E-state index in [1.165, 1.54) is 11.8 Å². The van der Waals surface area contributed by atoms with Gasteiger partial charge in [-0.15, -0.1) is 0 Å². The predicted molar refractivity (Wildman–Crippen MR) is 150 cm³/mol. The van der Waals surface area contributed by atoms with E-state index in [0.717, 1.165) is 9.80 Å². The lowest BCUT2D eigenvalue weighted by molar-refractivity contribution is -0.120. The highest BCUT2D eigenvalue weighted by molar-refractivity contribution is 8.04. The van der Waals surface area contributed by atoms with E-state index in [-0.39, 0.29) is 10.6 Å². The molecule has 1 N–H and O–H groups in total. The van der Waals surface area contributed by atoms with Crippen molar-refractivity contribution in [3.63, 3.8) is 0 Å². The quantitative estimate of drug-likeness (QED) is 0.227. The molecule has 4 aromatic carbocycles. The number of amides is 2. The third kappa shape index (κ3) is 5.63. The summed E-state index contributed by atoms with van der Waals surface area (Å²) in [6.07, 6.45) is 0. The number of benzene rings is 4. The molecule has 9 heteroatoms. The van der Waals surface area contributed by atoms with Gasteiger partial charge in [-0.2, -0.15) is 0 Å². The van der Waals surface area contributed by atoms with E-state index in [2.05, 4.69) is 5.32 Å². The van der Waals surface area contributed by atoms with E-state index >= 15 is 0 Å². The monoisotopic (exact) mass is 566 g/mol. The summed E-state index contributed by atoms with van der Waals surface area (Å²) >= 11 is 19.4. The number of hydrogen-bond acceptors (Lipinski definition) is 5. The van der Waals surface area contributed by atoms with Crippen LogP contribution in [0.25, 0.3) is 0 Å². The maximum atomic E-state index is 13.6. The smallest absolute Gasteiger partial charge is 0.283 e. The summed E-state index contributed by atoms with van der Waals surface area (Å²) in [4.78, 5) is 29.3. The highest BCUT2D eigenvalue weighted by Crippen LogP contribution is 2.39. The molecule has 5 nitrogen and oxygen atoms in total. The standard InChI is InChI=1S/C28H17Cl3N2O3S/c29-17-6-13-22(14-7-17)37-26-25(32-18-8-15-23(30)24(31)16-18)27(34)33(28(26)35)19-9-11-21(12-10-19)36-20-4-2-1-3-5-20/h1-16,32H. The molecule has 0 spiro atoms. The number of hydrogen-bond donors (Lipinski definition) is 1. The molecule has 184 valence electrons. The summed E-state index contributed by atoms with van der Waals surface area (Å²) < 4.78 is 5.83. The van der Waals surface area contributed by atoms with E-state index < -0.39 is 11.8 Å². The van der Waals surface area contributed by atoms with Gasteiger partial charge in [0.15, 0.2) is 0 Å². The van der Waals surface area contributed by atoms with Crippen molar-refractivity contribution in [1.82, 2.24) is 0 Å². The number of nitrogens with zero attached hydrogens (tertiary/aromatic N) is 1. The van der Waals surface area contributed by atoms with E-state index in [0.29, 0.717) is 37.9 Å². The summed E-state index contributed by atoms with van der Waals surface area (Å²) in [6, 6.07) is 28.0. The van der Waals surface area contributed by atoms with Gasteiger partial charge in [0.05, 0.1) is 15.7 Å². The van der Waals surface area contributed by atoms with Crippen LogP contribution in [0.1, 0.15) is 0 Å². The molecule has 0 aromatic heterocycles. The number of para-hydroxylation sites is 1. The Morgan fingerprint density at radius 2 is 1.38 bits per heavy atom. The Hall–Kier alpha value is -3.42. The van der Waals surface area contributed by atoms with E-state index in [1.807, 2.05) is 30.3 Å². The number of rotatable bonds is 7. The molecule has 1 aliphatic rings. The number of carbonyl (C=O) groups is 2. The van der Waals surface area contributed by atoms with Gasteiger partial charge in [-0.3, -0.25) is 9.59 Å². The van der Waals surface area contributed by atoms with Crippen molar-refractivity contribution in [3.8, 4) is 11.5 Å². The minimum absolute atomic E-state index is 0.132. The third-order valence-corrected chi connectivity index (χ3v) is 7.42. The fourth-order valence-corrected chi connectivity index (χ4v) is 4.93. The molecule has 0 saturated heterocycles. The SMILES string of the molecule is O=C1C(Nc2ccc(Cl)c(Cl)c2)=C(Sc2ccc(Cl)cc2)C(=O)N1c1ccc(Oc2ccccc2)cc1. The molecule has 1 heterocycles. The molecule has 0 saturated carbocycles. The summed E-state index contributed by atoms with van der Waals surface area (Å²) in [6.45, 7) is 0. The molecular weight excluding hydrogens is 551 g/mol. The van der Waals surface area contributed by atoms with Crippen LogP contribution < -0.4 is 15.0 Å². The lowest BCUT2D eigenvalue weighted by atomic mass is 10.2.